The van der Waals surface area contributed by atoms with Crippen LogP contribution in [-0.2, 0) is 0 Å². The highest BCUT2D eigenvalue weighted by atomic mass is 19.1. The van der Waals surface area contributed by atoms with Crippen LogP contribution in [0.2, 0.25) is 0 Å². The van der Waals surface area contributed by atoms with Crippen molar-refractivity contribution in [1.82, 2.24) is 4.98 Å². The zero-order valence-electron chi connectivity index (χ0n) is 6.35. The Labute approximate surface area is 64.3 Å². The number of nitrogens with zero attached hydrogens (tertiary/aromatic N) is 2. The van der Waals surface area contributed by atoms with Crippen molar-refractivity contribution in [3.8, 4) is 6.07 Å². The number of nitriles is 1. The predicted molar refractivity (Wildman–Crippen MR) is 38.4 cm³/mol. The van der Waals surface area contributed by atoms with Crippen LogP contribution in [0.25, 0.3) is 0 Å². The van der Waals surface area contributed by atoms with Crippen LogP contribution >= 0.6 is 0 Å². The minimum absolute atomic E-state index is 0.265. The Bertz CT molecular complexity index is 302. The summed E-state index contributed by atoms with van der Waals surface area (Å²) >= 11 is 0. The van der Waals surface area contributed by atoms with E-state index in [0.717, 1.165) is 0 Å². The van der Waals surface area contributed by atoms with Crippen molar-refractivity contribution in [2.75, 3.05) is 0 Å². The van der Waals surface area contributed by atoms with Gasteiger partial charge in [-0.25, -0.2) is 9.37 Å². The van der Waals surface area contributed by atoms with Crippen LogP contribution < -0.4 is 0 Å². The first-order valence-electron chi connectivity index (χ1n) is 3.19. The van der Waals surface area contributed by atoms with Gasteiger partial charge in [0.25, 0.3) is 0 Å². The minimum Gasteiger partial charge on any atom is -0.239 e. The van der Waals surface area contributed by atoms with Gasteiger partial charge >= 0.3 is 0 Å². The molecule has 0 atom stereocenters. The van der Waals surface area contributed by atoms with Crippen LogP contribution in [0.1, 0.15) is 17.0 Å². The van der Waals surface area contributed by atoms with Crippen molar-refractivity contribution in [2.24, 2.45) is 0 Å². The second-order valence-corrected chi connectivity index (χ2v) is 2.34. The Morgan fingerprint density at radius 1 is 1.55 bits per heavy atom. The summed E-state index contributed by atoms with van der Waals surface area (Å²) in [6, 6.07) is 3.29. The van der Waals surface area contributed by atoms with Gasteiger partial charge in [0.15, 0.2) is 0 Å². The zero-order valence-corrected chi connectivity index (χ0v) is 6.35. The van der Waals surface area contributed by atoms with Crippen LogP contribution in [0.4, 0.5) is 4.39 Å². The third-order valence-corrected chi connectivity index (χ3v) is 1.42. The second kappa shape index (κ2) is 2.67. The molecule has 1 heterocycles. The maximum absolute atomic E-state index is 12.9. The maximum Gasteiger partial charge on any atom is 0.147 e. The van der Waals surface area contributed by atoms with E-state index >= 15 is 0 Å². The molecule has 0 N–H and O–H groups in total. The highest BCUT2D eigenvalue weighted by Crippen LogP contribution is 2.09. The highest BCUT2D eigenvalue weighted by molar-refractivity contribution is 5.28. The normalized spacial score (nSPS) is 9.27. The lowest BCUT2D eigenvalue weighted by atomic mass is 10.2. The molecule has 2 nitrogen and oxygen atoms in total. The Kier molecular flexibility index (Phi) is 1.86. The summed E-state index contributed by atoms with van der Waals surface area (Å²) in [5.74, 6) is -0.330. The molecule has 0 saturated carbocycles. The molecule has 0 saturated heterocycles. The fourth-order valence-corrected chi connectivity index (χ4v) is 0.873. The van der Waals surface area contributed by atoms with E-state index in [9.17, 15) is 4.39 Å². The van der Waals surface area contributed by atoms with Gasteiger partial charge in [-0.2, -0.15) is 5.26 Å². The van der Waals surface area contributed by atoms with Gasteiger partial charge in [0.05, 0.1) is 5.69 Å². The molecule has 0 bridgehead atoms. The minimum atomic E-state index is -0.330. The van der Waals surface area contributed by atoms with Gasteiger partial charge < -0.3 is 0 Å². The van der Waals surface area contributed by atoms with Crippen molar-refractivity contribution in [3.05, 3.63) is 28.8 Å². The molecule has 0 aliphatic carbocycles. The Morgan fingerprint density at radius 3 is 2.64 bits per heavy atom. The van der Waals surface area contributed by atoms with Gasteiger partial charge in [0.1, 0.15) is 17.6 Å². The average molecular weight is 150 g/mol. The fourth-order valence-electron chi connectivity index (χ4n) is 0.873. The summed E-state index contributed by atoms with van der Waals surface area (Å²) in [7, 11) is 0. The molecule has 1 rings (SSSR count). The number of aryl methyl sites for hydroxylation is 2. The van der Waals surface area contributed by atoms with Crippen LogP contribution in [0.3, 0.4) is 0 Å². The van der Waals surface area contributed by atoms with E-state index in [0.29, 0.717) is 5.56 Å². The first-order valence-corrected chi connectivity index (χ1v) is 3.19. The van der Waals surface area contributed by atoms with E-state index in [1.165, 1.54) is 6.07 Å². The molecular formula is C8H7FN2. The first kappa shape index (κ1) is 7.67. The zero-order chi connectivity index (χ0) is 8.43. The molecule has 11 heavy (non-hydrogen) atoms. The Hall–Kier alpha value is -1.43. The van der Waals surface area contributed by atoms with E-state index in [4.69, 9.17) is 5.26 Å². The summed E-state index contributed by atoms with van der Waals surface area (Å²) in [5, 5.41) is 8.44. The molecule has 3 heteroatoms. The van der Waals surface area contributed by atoms with Crippen molar-refractivity contribution in [2.45, 2.75) is 13.8 Å². The van der Waals surface area contributed by atoms with Gasteiger partial charge in [-0.1, -0.05) is 0 Å². The summed E-state index contributed by atoms with van der Waals surface area (Å²) in [6.45, 7) is 3.16. The van der Waals surface area contributed by atoms with Crippen LogP contribution in [0, 0.1) is 31.0 Å². The molecule has 0 aliphatic rings. The first-order chi connectivity index (χ1) is 5.15. The van der Waals surface area contributed by atoms with Crippen LogP contribution in [-0.4, -0.2) is 4.98 Å². The van der Waals surface area contributed by atoms with Gasteiger partial charge in [-0.15, -0.1) is 0 Å². The summed E-state index contributed by atoms with van der Waals surface area (Å²) < 4.78 is 12.9. The van der Waals surface area contributed by atoms with Crippen molar-refractivity contribution in [1.29, 1.82) is 5.26 Å². The fraction of sp³-hybridized carbons (Fsp3) is 0.250. The van der Waals surface area contributed by atoms with Crippen LogP contribution in [0.5, 0.6) is 0 Å². The van der Waals surface area contributed by atoms with Gasteiger partial charge in [-0.05, 0) is 25.5 Å². The predicted octanol–water partition coefficient (Wildman–Crippen LogP) is 1.71. The largest absolute Gasteiger partial charge is 0.239 e. The lowest BCUT2D eigenvalue weighted by Crippen LogP contribution is -1.94. The van der Waals surface area contributed by atoms with E-state index in [1.807, 2.05) is 6.07 Å². The molecule has 1 aromatic rings. The maximum atomic E-state index is 12.9. The summed E-state index contributed by atoms with van der Waals surface area (Å²) in [4.78, 5) is 3.72. The molecule has 0 radical (unpaired) electrons. The van der Waals surface area contributed by atoms with Crippen molar-refractivity contribution < 1.29 is 4.39 Å². The number of hydrogen-bond donors (Lipinski definition) is 0. The number of pyridine rings is 1. The number of hydrogen-bond acceptors (Lipinski definition) is 2. The van der Waals surface area contributed by atoms with E-state index in [1.54, 1.807) is 13.8 Å². The van der Waals surface area contributed by atoms with Crippen LogP contribution in [0.15, 0.2) is 6.07 Å². The molecule has 1 aromatic heterocycles. The highest BCUT2D eigenvalue weighted by Gasteiger charge is 2.04. The van der Waals surface area contributed by atoms with Gasteiger partial charge in [0.2, 0.25) is 0 Å². The molecule has 0 unspecified atom stereocenters. The molecule has 0 aliphatic heterocycles. The van der Waals surface area contributed by atoms with E-state index < -0.39 is 0 Å². The SMILES string of the molecule is Cc1cc(C#N)nc(C)c1F. The monoisotopic (exact) mass is 150 g/mol. The Balaban J connectivity index is 3.35. The third kappa shape index (κ3) is 1.35. The molecule has 56 valence electrons. The quantitative estimate of drug-likeness (QED) is 0.564. The Morgan fingerprint density at radius 2 is 2.18 bits per heavy atom. The molecule has 0 fully saturated rings. The second-order valence-electron chi connectivity index (χ2n) is 2.34. The summed E-state index contributed by atoms with van der Waals surface area (Å²) in [6.07, 6.45) is 0. The smallest absolute Gasteiger partial charge is 0.147 e. The number of rotatable bonds is 0. The average Bonchev–Trinajstić information content (AvgIpc) is 1.99. The van der Waals surface area contributed by atoms with Crippen molar-refractivity contribution >= 4 is 0 Å². The van der Waals surface area contributed by atoms with Gasteiger partial charge in [0, 0.05) is 0 Å². The lowest BCUT2D eigenvalue weighted by molar-refractivity contribution is 0.600. The number of aromatic nitrogens is 1. The molecule has 0 aromatic carbocycles. The third-order valence-electron chi connectivity index (χ3n) is 1.42. The number of halogens is 1. The summed E-state index contributed by atoms with van der Waals surface area (Å²) in [5.41, 5.74) is 1.01. The molecule has 0 amide bonds. The molecular weight excluding hydrogens is 143 g/mol. The van der Waals surface area contributed by atoms with E-state index in [-0.39, 0.29) is 17.2 Å². The topological polar surface area (TPSA) is 36.7 Å². The van der Waals surface area contributed by atoms with Gasteiger partial charge in [-0.3, -0.25) is 0 Å². The van der Waals surface area contributed by atoms with E-state index in [2.05, 4.69) is 4.98 Å². The lowest BCUT2D eigenvalue weighted by Gasteiger charge is -1.98. The van der Waals surface area contributed by atoms with Crippen molar-refractivity contribution in [3.63, 3.8) is 0 Å². The standard InChI is InChI=1S/C8H7FN2/c1-5-3-7(4-10)11-6(2)8(5)9/h3H,1-2H3. The molecule has 0 spiro atoms.